The zero-order valence-electron chi connectivity index (χ0n) is 14.6. The highest BCUT2D eigenvalue weighted by Gasteiger charge is 2.32. The van der Waals surface area contributed by atoms with Crippen molar-refractivity contribution in [2.24, 2.45) is 5.92 Å². The third-order valence-corrected chi connectivity index (χ3v) is 4.27. The quantitative estimate of drug-likeness (QED) is 0.346. The molecule has 2 aliphatic rings. The summed E-state index contributed by atoms with van der Waals surface area (Å²) in [7, 11) is 1.47. The van der Waals surface area contributed by atoms with Gasteiger partial charge >= 0.3 is 5.97 Å². The second-order valence-electron chi connectivity index (χ2n) is 6.18. The summed E-state index contributed by atoms with van der Waals surface area (Å²) >= 11 is 0. The van der Waals surface area contributed by atoms with Crippen molar-refractivity contribution in [3.63, 3.8) is 0 Å². The summed E-state index contributed by atoms with van der Waals surface area (Å²) in [5.41, 5.74) is 0.655. The molecule has 1 aliphatic heterocycles. The van der Waals surface area contributed by atoms with Gasteiger partial charge < -0.3 is 19.1 Å². The molecule has 1 saturated carbocycles. The van der Waals surface area contributed by atoms with Crippen molar-refractivity contribution in [3.05, 3.63) is 29.3 Å². The largest absolute Gasteiger partial charge is 0.493 e. The number of hydrogen-bond donors (Lipinski definition) is 0. The number of carbonyl (C=O) groups is 2. The summed E-state index contributed by atoms with van der Waals surface area (Å²) < 4.78 is 15.9. The standard InChI is InChI=1S/C19H20N2O5/c1-24-17-11-13(2-5-16(17)26-19(23)14-3-4-14)10-15(12-20)18(22)21-6-8-25-9-7-21/h2,5,10-11,14H,3-4,6-9H2,1H3/b15-10+. The number of methoxy groups -OCH3 is 1. The Morgan fingerprint density at radius 2 is 2.00 bits per heavy atom. The number of hydrogen-bond acceptors (Lipinski definition) is 6. The average molecular weight is 356 g/mol. The van der Waals surface area contributed by atoms with Crippen LogP contribution in [0.3, 0.4) is 0 Å². The number of nitriles is 1. The molecule has 1 amide bonds. The van der Waals surface area contributed by atoms with E-state index in [-0.39, 0.29) is 23.4 Å². The van der Waals surface area contributed by atoms with Crippen LogP contribution in [-0.4, -0.2) is 50.2 Å². The Hall–Kier alpha value is -2.85. The molecule has 0 atom stereocenters. The van der Waals surface area contributed by atoms with Gasteiger partial charge in [0.25, 0.3) is 5.91 Å². The zero-order chi connectivity index (χ0) is 18.5. The lowest BCUT2D eigenvalue weighted by molar-refractivity contribution is -0.136. The lowest BCUT2D eigenvalue weighted by Gasteiger charge is -2.26. The van der Waals surface area contributed by atoms with E-state index in [0.717, 1.165) is 12.8 Å². The first kappa shape index (κ1) is 18.0. The molecule has 0 radical (unpaired) electrons. The minimum atomic E-state index is -0.320. The number of nitrogens with zero attached hydrogens (tertiary/aromatic N) is 2. The molecule has 0 N–H and O–H groups in total. The molecule has 7 nitrogen and oxygen atoms in total. The van der Waals surface area contributed by atoms with Gasteiger partial charge in [-0.3, -0.25) is 9.59 Å². The van der Waals surface area contributed by atoms with Gasteiger partial charge in [-0.05, 0) is 36.6 Å². The van der Waals surface area contributed by atoms with Crippen molar-refractivity contribution in [3.8, 4) is 17.6 Å². The van der Waals surface area contributed by atoms with E-state index in [2.05, 4.69) is 0 Å². The number of carbonyl (C=O) groups excluding carboxylic acids is 2. The molecule has 1 heterocycles. The lowest BCUT2D eigenvalue weighted by Crippen LogP contribution is -2.41. The Labute approximate surface area is 151 Å². The molecule has 1 aromatic rings. The SMILES string of the molecule is COc1cc(/C=C(\C#N)C(=O)N2CCOCC2)ccc1OC(=O)C1CC1. The maximum Gasteiger partial charge on any atom is 0.314 e. The minimum absolute atomic E-state index is 0.0180. The van der Waals surface area contributed by atoms with Gasteiger partial charge in [0, 0.05) is 13.1 Å². The summed E-state index contributed by atoms with van der Waals surface area (Å²) in [4.78, 5) is 25.9. The molecule has 0 unspecified atom stereocenters. The van der Waals surface area contributed by atoms with Crippen LogP contribution < -0.4 is 9.47 Å². The fourth-order valence-electron chi connectivity index (χ4n) is 2.61. The fraction of sp³-hybridized carbons (Fsp3) is 0.421. The Morgan fingerprint density at radius 1 is 1.27 bits per heavy atom. The highest BCUT2D eigenvalue weighted by molar-refractivity contribution is 6.01. The summed E-state index contributed by atoms with van der Waals surface area (Å²) in [5, 5.41) is 9.36. The summed E-state index contributed by atoms with van der Waals surface area (Å²) in [6.07, 6.45) is 3.22. The number of amides is 1. The highest BCUT2D eigenvalue weighted by atomic mass is 16.6. The first-order valence-corrected chi connectivity index (χ1v) is 8.51. The monoisotopic (exact) mass is 356 g/mol. The molecule has 26 heavy (non-hydrogen) atoms. The van der Waals surface area contributed by atoms with Gasteiger partial charge in [0.15, 0.2) is 11.5 Å². The van der Waals surface area contributed by atoms with Gasteiger partial charge in [-0.1, -0.05) is 6.07 Å². The molecule has 1 aromatic carbocycles. The van der Waals surface area contributed by atoms with Crippen molar-refractivity contribution in [1.82, 2.24) is 4.90 Å². The van der Waals surface area contributed by atoms with E-state index in [4.69, 9.17) is 14.2 Å². The van der Waals surface area contributed by atoms with Crippen LogP contribution in [0, 0.1) is 17.2 Å². The Kier molecular flexibility index (Phi) is 5.54. The van der Waals surface area contributed by atoms with Gasteiger partial charge in [0.05, 0.1) is 26.2 Å². The van der Waals surface area contributed by atoms with Crippen molar-refractivity contribution in [2.75, 3.05) is 33.4 Å². The molecule has 7 heteroatoms. The van der Waals surface area contributed by atoms with Crippen LogP contribution in [0.2, 0.25) is 0 Å². The highest BCUT2D eigenvalue weighted by Crippen LogP contribution is 2.34. The van der Waals surface area contributed by atoms with E-state index in [0.29, 0.717) is 43.4 Å². The third kappa shape index (κ3) is 4.21. The van der Waals surface area contributed by atoms with Crippen LogP contribution in [0.1, 0.15) is 18.4 Å². The first-order chi connectivity index (χ1) is 12.6. The van der Waals surface area contributed by atoms with E-state index in [1.165, 1.54) is 13.2 Å². The number of rotatable bonds is 5. The second-order valence-corrected chi connectivity index (χ2v) is 6.18. The van der Waals surface area contributed by atoms with Crippen molar-refractivity contribution >= 4 is 18.0 Å². The fourth-order valence-corrected chi connectivity index (χ4v) is 2.61. The molecule has 0 aromatic heterocycles. The maximum absolute atomic E-state index is 12.5. The number of benzene rings is 1. The molecule has 1 aliphatic carbocycles. The van der Waals surface area contributed by atoms with Gasteiger partial charge in [-0.25, -0.2) is 0 Å². The van der Waals surface area contributed by atoms with Gasteiger partial charge in [0.1, 0.15) is 11.6 Å². The van der Waals surface area contributed by atoms with Crippen LogP contribution in [0.25, 0.3) is 6.08 Å². The lowest BCUT2D eigenvalue weighted by atomic mass is 10.1. The van der Waals surface area contributed by atoms with Crippen LogP contribution in [0.15, 0.2) is 23.8 Å². The van der Waals surface area contributed by atoms with E-state index in [1.807, 2.05) is 6.07 Å². The normalized spacial score (nSPS) is 17.4. The average Bonchev–Trinajstić information content (AvgIpc) is 3.52. The summed E-state index contributed by atoms with van der Waals surface area (Å²) in [6, 6.07) is 6.89. The van der Waals surface area contributed by atoms with Gasteiger partial charge in [-0.15, -0.1) is 0 Å². The minimum Gasteiger partial charge on any atom is -0.493 e. The second kappa shape index (κ2) is 8.02. The van der Waals surface area contributed by atoms with E-state index in [1.54, 1.807) is 23.1 Å². The smallest absolute Gasteiger partial charge is 0.314 e. The van der Waals surface area contributed by atoms with E-state index >= 15 is 0 Å². The van der Waals surface area contributed by atoms with Crippen LogP contribution in [0.5, 0.6) is 11.5 Å². The molecular weight excluding hydrogens is 336 g/mol. The Bertz CT molecular complexity index is 771. The molecule has 136 valence electrons. The summed E-state index contributed by atoms with van der Waals surface area (Å²) in [5.74, 6) is 0.116. The predicted octanol–water partition coefficient (Wildman–Crippen LogP) is 1.78. The van der Waals surface area contributed by atoms with Crippen molar-refractivity contribution in [1.29, 1.82) is 5.26 Å². The van der Waals surface area contributed by atoms with Crippen LogP contribution >= 0.6 is 0 Å². The topological polar surface area (TPSA) is 88.9 Å². The van der Waals surface area contributed by atoms with Crippen molar-refractivity contribution in [2.45, 2.75) is 12.8 Å². The Balaban J connectivity index is 1.78. The van der Waals surface area contributed by atoms with Crippen LogP contribution in [0.4, 0.5) is 0 Å². The number of ether oxygens (including phenoxy) is 3. The number of esters is 1. The predicted molar refractivity (Wildman–Crippen MR) is 92.3 cm³/mol. The van der Waals surface area contributed by atoms with E-state index in [9.17, 15) is 14.9 Å². The van der Waals surface area contributed by atoms with E-state index < -0.39 is 0 Å². The van der Waals surface area contributed by atoms with Crippen LogP contribution in [-0.2, 0) is 14.3 Å². The third-order valence-electron chi connectivity index (χ3n) is 4.27. The molecule has 0 spiro atoms. The first-order valence-electron chi connectivity index (χ1n) is 8.51. The molecule has 1 saturated heterocycles. The van der Waals surface area contributed by atoms with Gasteiger partial charge in [0.2, 0.25) is 0 Å². The number of morpholine rings is 1. The van der Waals surface area contributed by atoms with Crippen molar-refractivity contribution < 1.29 is 23.8 Å². The molecular formula is C19H20N2O5. The molecule has 0 bridgehead atoms. The van der Waals surface area contributed by atoms with Gasteiger partial charge in [-0.2, -0.15) is 5.26 Å². The summed E-state index contributed by atoms with van der Waals surface area (Å²) in [6.45, 7) is 1.88. The molecule has 3 rings (SSSR count). The zero-order valence-corrected chi connectivity index (χ0v) is 14.6. The Morgan fingerprint density at radius 3 is 2.62 bits per heavy atom. The maximum atomic E-state index is 12.5. The molecule has 2 fully saturated rings.